The van der Waals surface area contributed by atoms with Crippen LogP contribution in [-0.4, -0.2) is 18.8 Å². The SMILES string of the molecule is O=Cc1c(OCC(=O)Nc2ccccc2Br)ccc2ccccc12. The Balaban J connectivity index is 1.75. The fourth-order valence-corrected chi connectivity index (χ4v) is 2.80. The third-order valence-electron chi connectivity index (χ3n) is 3.56. The standard InChI is InChI=1S/C19H14BrNO3/c20-16-7-3-4-8-17(16)21-19(23)12-24-18-10-9-13-5-1-2-6-14(13)15(18)11-22/h1-11H,12H2,(H,21,23). The Kier molecular flexibility index (Phi) is 4.91. The summed E-state index contributed by atoms with van der Waals surface area (Å²) in [6, 6.07) is 18.4. The smallest absolute Gasteiger partial charge is 0.262 e. The van der Waals surface area contributed by atoms with E-state index in [1.807, 2.05) is 48.5 Å². The van der Waals surface area contributed by atoms with Gasteiger partial charge in [-0.1, -0.05) is 42.5 Å². The Hall–Kier alpha value is -2.66. The largest absolute Gasteiger partial charge is 0.483 e. The van der Waals surface area contributed by atoms with E-state index in [9.17, 15) is 9.59 Å². The molecule has 1 amide bonds. The number of benzene rings is 3. The first-order valence-electron chi connectivity index (χ1n) is 7.33. The summed E-state index contributed by atoms with van der Waals surface area (Å²) >= 11 is 3.37. The fourth-order valence-electron chi connectivity index (χ4n) is 2.42. The lowest BCUT2D eigenvalue weighted by molar-refractivity contribution is -0.118. The van der Waals surface area contributed by atoms with Gasteiger partial charge in [0.15, 0.2) is 12.9 Å². The Labute approximate surface area is 147 Å². The van der Waals surface area contributed by atoms with Crippen LogP contribution < -0.4 is 10.1 Å². The number of carbonyl (C=O) groups is 2. The molecule has 0 radical (unpaired) electrons. The molecule has 0 spiro atoms. The third-order valence-corrected chi connectivity index (χ3v) is 4.25. The van der Waals surface area contributed by atoms with Gasteiger partial charge in [-0.25, -0.2) is 0 Å². The van der Waals surface area contributed by atoms with Gasteiger partial charge in [-0.15, -0.1) is 0 Å². The summed E-state index contributed by atoms with van der Waals surface area (Å²) in [4.78, 5) is 23.5. The average Bonchev–Trinajstić information content (AvgIpc) is 2.61. The molecule has 0 aliphatic heterocycles. The molecule has 24 heavy (non-hydrogen) atoms. The van der Waals surface area contributed by atoms with Crippen LogP contribution in [0.4, 0.5) is 5.69 Å². The van der Waals surface area contributed by atoms with Gasteiger partial charge in [-0.05, 0) is 44.9 Å². The molecule has 0 atom stereocenters. The summed E-state index contributed by atoms with van der Waals surface area (Å²) in [5, 5.41) is 4.51. The highest BCUT2D eigenvalue weighted by Gasteiger charge is 2.11. The second kappa shape index (κ2) is 7.27. The van der Waals surface area contributed by atoms with Crippen molar-refractivity contribution >= 4 is 44.6 Å². The number of fused-ring (bicyclic) bond motifs is 1. The van der Waals surface area contributed by atoms with E-state index in [2.05, 4.69) is 21.2 Å². The van der Waals surface area contributed by atoms with Crippen molar-refractivity contribution in [3.05, 3.63) is 70.7 Å². The van der Waals surface area contributed by atoms with E-state index >= 15 is 0 Å². The summed E-state index contributed by atoms with van der Waals surface area (Å²) in [7, 11) is 0. The van der Waals surface area contributed by atoms with Gasteiger partial charge < -0.3 is 10.1 Å². The van der Waals surface area contributed by atoms with E-state index in [4.69, 9.17) is 4.74 Å². The molecule has 0 aliphatic carbocycles. The van der Waals surface area contributed by atoms with E-state index in [1.54, 1.807) is 12.1 Å². The molecule has 0 unspecified atom stereocenters. The molecule has 0 saturated carbocycles. The first kappa shape index (κ1) is 16.2. The number of hydrogen-bond donors (Lipinski definition) is 1. The summed E-state index contributed by atoms with van der Waals surface area (Å²) in [5.74, 6) is 0.0953. The zero-order valence-electron chi connectivity index (χ0n) is 12.7. The predicted octanol–water partition coefficient (Wildman–Crippen LogP) is 4.43. The van der Waals surface area contributed by atoms with Gasteiger partial charge in [0.25, 0.3) is 5.91 Å². The number of hydrogen-bond acceptors (Lipinski definition) is 3. The van der Waals surface area contributed by atoms with E-state index in [0.29, 0.717) is 17.0 Å². The van der Waals surface area contributed by atoms with Crippen LogP contribution in [0.1, 0.15) is 10.4 Å². The number of halogens is 1. The van der Waals surface area contributed by atoms with Crippen LogP contribution in [0.2, 0.25) is 0 Å². The van der Waals surface area contributed by atoms with E-state index in [-0.39, 0.29) is 12.5 Å². The van der Waals surface area contributed by atoms with Crippen molar-refractivity contribution < 1.29 is 14.3 Å². The molecular formula is C19H14BrNO3. The molecule has 3 aromatic rings. The molecule has 120 valence electrons. The van der Waals surface area contributed by atoms with Gasteiger partial charge in [-0.2, -0.15) is 0 Å². The van der Waals surface area contributed by atoms with Crippen LogP contribution in [0.15, 0.2) is 65.1 Å². The van der Waals surface area contributed by atoms with Crippen molar-refractivity contribution in [3.8, 4) is 5.75 Å². The number of anilines is 1. The van der Waals surface area contributed by atoms with Gasteiger partial charge >= 0.3 is 0 Å². The van der Waals surface area contributed by atoms with Crippen molar-refractivity contribution in [1.82, 2.24) is 0 Å². The number of para-hydroxylation sites is 1. The molecule has 0 bridgehead atoms. The van der Waals surface area contributed by atoms with Gasteiger partial charge in [0.05, 0.1) is 11.3 Å². The number of rotatable bonds is 5. The maximum absolute atomic E-state index is 12.1. The molecule has 0 aliphatic rings. The van der Waals surface area contributed by atoms with Crippen molar-refractivity contribution in [1.29, 1.82) is 0 Å². The number of carbonyl (C=O) groups excluding carboxylic acids is 2. The van der Waals surface area contributed by atoms with Gasteiger partial charge in [0.1, 0.15) is 5.75 Å². The Morgan fingerprint density at radius 3 is 2.58 bits per heavy atom. The number of aldehydes is 1. The van der Waals surface area contributed by atoms with Gasteiger partial charge in [0.2, 0.25) is 0 Å². The first-order chi connectivity index (χ1) is 11.7. The van der Waals surface area contributed by atoms with Crippen molar-refractivity contribution in [3.63, 3.8) is 0 Å². The topological polar surface area (TPSA) is 55.4 Å². The summed E-state index contributed by atoms with van der Waals surface area (Å²) in [5.41, 5.74) is 1.11. The predicted molar refractivity (Wildman–Crippen MR) is 97.6 cm³/mol. The minimum Gasteiger partial charge on any atom is -0.483 e. The monoisotopic (exact) mass is 383 g/mol. The maximum Gasteiger partial charge on any atom is 0.262 e. The molecule has 0 saturated heterocycles. The van der Waals surface area contributed by atoms with Crippen LogP contribution in [0.25, 0.3) is 10.8 Å². The number of nitrogens with one attached hydrogen (secondary N) is 1. The molecule has 3 rings (SSSR count). The summed E-state index contributed by atoms with van der Waals surface area (Å²) in [6.07, 6.45) is 0.753. The van der Waals surface area contributed by atoms with Crippen molar-refractivity contribution in [2.45, 2.75) is 0 Å². The van der Waals surface area contributed by atoms with E-state index < -0.39 is 0 Å². The Morgan fingerprint density at radius 2 is 1.79 bits per heavy atom. The molecule has 0 aromatic heterocycles. The molecule has 4 nitrogen and oxygen atoms in total. The number of ether oxygens (including phenoxy) is 1. The lowest BCUT2D eigenvalue weighted by Crippen LogP contribution is -2.20. The van der Waals surface area contributed by atoms with Crippen LogP contribution in [-0.2, 0) is 4.79 Å². The van der Waals surface area contributed by atoms with Gasteiger partial charge in [-0.3, -0.25) is 9.59 Å². The highest BCUT2D eigenvalue weighted by Crippen LogP contribution is 2.27. The quantitative estimate of drug-likeness (QED) is 0.662. The third kappa shape index (κ3) is 3.46. The van der Waals surface area contributed by atoms with Crippen LogP contribution >= 0.6 is 15.9 Å². The highest BCUT2D eigenvalue weighted by atomic mass is 79.9. The zero-order chi connectivity index (χ0) is 16.9. The summed E-state index contributed by atoms with van der Waals surface area (Å²) in [6.45, 7) is -0.180. The van der Waals surface area contributed by atoms with Crippen LogP contribution in [0.5, 0.6) is 5.75 Å². The molecule has 0 fully saturated rings. The van der Waals surface area contributed by atoms with Crippen molar-refractivity contribution in [2.24, 2.45) is 0 Å². The van der Waals surface area contributed by atoms with Crippen LogP contribution in [0, 0.1) is 0 Å². The molecular weight excluding hydrogens is 370 g/mol. The minimum atomic E-state index is -0.299. The fraction of sp³-hybridized carbons (Fsp3) is 0.0526. The molecule has 3 aromatic carbocycles. The Bertz CT molecular complexity index is 908. The highest BCUT2D eigenvalue weighted by molar-refractivity contribution is 9.10. The van der Waals surface area contributed by atoms with Crippen molar-refractivity contribution in [2.75, 3.05) is 11.9 Å². The normalized spacial score (nSPS) is 10.4. The average molecular weight is 384 g/mol. The van der Waals surface area contributed by atoms with E-state index in [1.165, 1.54) is 0 Å². The summed E-state index contributed by atoms with van der Waals surface area (Å²) < 4.78 is 6.34. The number of amides is 1. The zero-order valence-corrected chi connectivity index (χ0v) is 14.2. The van der Waals surface area contributed by atoms with Crippen LogP contribution in [0.3, 0.4) is 0 Å². The minimum absolute atomic E-state index is 0.180. The lowest BCUT2D eigenvalue weighted by Gasteiger charge is -2.11. The second-order valence-corrected chi connectivity index (χ2v) is 5.99. The van der Waals surface area contributed by atoms with E-state index in [0.717, 1.165) is 21.5 Å². The lowest BCUT2D eigenvalue weighted by atomic mass is 10.0. The maximum atomic E-state index is 12.1. The molecule has 1 N–H and O–H groups in total. The van der Waals surface area contributed by atoms with Gasteiger partial charge in [0, 0.05) is 4.47 Å². The molecule has 5 heteroatoms. The first-order valence-corrected chi connectivity index (χ1v) is 8.12. The molecule has 0 heterocycles. The second-order valence-electron chi connectivity index (χ2n) is 5.13. The Morgan fingerprint density at radius 1 is 1.04 bits per heavy atom.